The standard InChI is InChI=1S/C15H23NO3/c1-5-12-8-6-7-9-13(12)14(17)11(4)19-15(18)16-10(2)3/h5,7,9-11,14,17H,1,6,8H2,2-4H3,(H,16,18)/t11-,14+/m0/s1. The zero-order valence-corrected chi connectivity index (χ0v) is 11.8. The summed E-state index contributed by atoms with van der Waals surface area (Å²) in [6.45, 7) is 9.14. The Morgan fingerprint density at radius 2 is 2.21 bits per heavy atom. The maximum atomic E-state index is 11.5. The average molecular weight is 265 g/mol. The molecule has 4 nitrogen and oxygen atoms in total. The maximum Gasteiger partial charge on any atom is 0.407 e. The number of nitrogens with one attached hydrogen (secondary N) is 1. The first kappa shape index (κ1) is 15.5. The van der Waals surface area contributed by atoms with Crippen LogP contribution in [-0.4, -0.2) is 29.4 Å². The molecule has 0 unspecified atom stereocenters. The van der Waals surface area contributed by atoms with Gasteiger partial charge in [0.2, 0.25) is 0 Å². The monoisotopic (exact) mass is 265 g/mol. The molecule has 0 spiro atoms. The van der Waals surface area contributed by atoms with Crippen molar-refractivity contribution in [2.24, 2.45) is 0 Å². The fourth-order valence-electron chi connectivity index (χ4n) is 1.96. The lowest BCUT2D eigenvalue weighted by molar-refractivity contribution is 0.0308. The molecule has 1 amide bonds. The highest BCUT2D eigenvalue weighted by atomic mass is 16.6. The molecule has 1 aliphatic carbocycles. The van der Waals surface area contributed by atoms with Crippen LogP contribution in [0.2, 0.25) is 0 Å². The Kier molecular flexibility index (Phi) is 5.83. The highest BCUT2D eigenvalue weighted by molar-refractivity contribution is 5.67. The van der Waals surface area contributed by atoms with Crippen LogP contribution >= 0.6 is 0 Å². The van der Waals surface area contributed by atoms with Crippen molar-refractivity contribution in [2.45, 2.75) is 51.9 Å². The van der Waals surface area contributed by atoms with E-state index in [1.807, 2.05) is 26.0 Å². The van der Waals surface area contributed by atoms with E-state index in [4.69, 9.17) is 4.74 Å². The first-order valence-electron chi connectivity index (χ1n) is 6.63. The summed E-state index contributed by atoms with van der Waals surface area (Å²) in [6, 6.07) is 0.00868. The Balaban J connectivity index is 2.68. The molecule has 1 aliphatic rings. The summed E-state index contributed by atoms with van der Waals surface area (Å²) in [7, 11) is 0. The molecule has 0 saturated heterocycles. The van der Waals surface area contributed by atoms with E-state index in [-0.39, 0.29) is 6.04 Å². The fraction of sp³-hybridized carbons (Fsp3) is 0.533. The predicted molar refractivity (Wildman–Crippen MR) is 75.8 cm³/mol. The highest BCUT2D eigenvalue weighted by Gasteiger charge is 2.24. The van der Waals surface area contributed by atoms with Crippen molar-refractivity contribution >= 4 is 6.09 Å². The Labute approximate surface area is 114 Å². The lowest BCUT2D eigenvalue weighted by Gasteiger charge is -2.24. The van der Waals surface area contributed by atoms with E-state index in [0.717, 1.165) is 24.0 Å². The smallest absolute Gasteiger partial charge is 0.407 e. The van der Waals surface area contributed by atoms with E-state index in [1.54, 1.807) is 13.0 Å². The van der Waals surface area contributed by atoms with Crippen molar-refractivity contribution in [3.8, 4) is 0 Å². The molecule has 2 N–H and O–H groups in total. The van der Waals surface area contributed by atoms with Crippen LogP contribution in [0.1, 0.15) is 33.6 Å². The number of aliphatic hydroxyl groups excluding tert-OH is 1. The minimum absolute atomic E-state index is 0.00868. The quantitative estimate of drug-likeness (QED) is 0.803. The van der Waals surface area contributed by atoms with Crippen molar-refractivity contribution in [1.29, 1.82) is 0 Å². The van der Waals surface area contributed by atoms with Gasteiger partial charge in [0.25, 0.3) is 0 Å². The van der Waals surface area contributed by atoms with Gasteiger partial charge >= 0.3 is 6.09 Å². The lowest BCUT2D eigenvalue weighted by atomic mass is 9.92. The predicted octanol–water partition coefficient (Wildman–Crippen LogP) is 2.70. The average Bonchev–Trinajstić information content (AvgIpc) is 2.36. The maximum absolute atomic E-state index is 11.5. The molecule has 0 aliphatic heterocycles. The molecule has 0 fully saturated rings. The zero-order valence-electron chi connectivity index (χ0n) is 11.8. The van der Waals surface area contributed by atoms with Gasteiger partial charge in [-0.05, 0) is 44.8 Å². The van der Waals surface area contributed by atoms with E-state index in [2.05, 4.69) is 11.9 Å². The summed E-state index contributed by atoms with van der Waals surface area (Å²) < 4.78 is 5.17. The number of amides is 1. The van der Waals surface area contributed by atoms with Gasteiger partial charge in [0.05, 0.1) is 0 Å². The third-order valence-corrected chi connectivity index (χ3v) is 2.96. The van der Waals surface area contributed by atoms with Crippen molar-refractivity contribution in [2.75, 3.05) is 0 Å². The van der Waals surface area contributed by atoms with Gasteiger partial charge in [-0.25, -0.2) is 4.79 Å². The largest absolute Gasteiger partial charge is 0.443 e. The molecule has 1 rings (SSSR count). The molecule has 0 heterocycles. The van der Waals surface area contributed by atoms with Gasteiger partial charge in [0.1, 0.15) is 12.2 Å². The van der Waals surface area contributed by atoms with Crippen LogP contribution in [0.15, 0.2) is 36.0 Å². The summed E-state index contributed by atoms with van der Waals surface area (Å²) in [5.74, 6) is 0. The summed E-state index contributed by atoms with van der Waals surface area (Å²) >= 11 is 0. The Morgan fingerprint density at radius 1 is 1.53 bits per heavy atom. The molecule has 19 heavy (non-hydrogen) atoms. The van der Waals surface area contributed by atoms with Crippen LogP contribution in [0.5, 0.6) is 0 Å². The third-order valence-electron chi connectivity index (χ3n) is 2.96. The number of ether oxygens (including phenoxy) is 1. The van der Waals surface area contributed by atoms with Crippen LogP contribution in [0, 0.1) is 0 Å². The van der Waals surface area contributed by atoms with Gasteiger partial charge in [-0.2, -0.15) is 0 Å². The Bertz CT molecular complexity index is 396. The van der Waals surface area contributed by atoms with Crippen LogP contribution < -0.4 is 5.32 Å². The summed E-state index contributed by atoms with van der Waals surface area (Å²) in [5, 5.41) is 12.9. The van der Waals surface area contributed by atoms with E-state index < -0.39 is 18.3 Å². The molecule has 0 aromatic heterocycles. The number of carbonyl (C=O) groups excluding carboxylic acids is 1. The number of aliphatic hydroxyl groups is 1. The highest BCUT2D eigenvalue weighted by Crippen LogP contribution is 2.24. The van der Waals surface area contributed by atoms with Gasteiger partial charge in [-0.3, -0.25) is 0 Å². The molecule has 0 radical (unpaired) electrons. The number of hydrogen-bond donors (Lipinski definition) is 2. The van der Waals surface area contributed by atoms with Crippen LogP contribution in [0.4, 0.5) is 4.79 Å². The van der Waals surface area contributed by atoms with Gasteiger partial charge in [-0.1, -0.05) is 24.8 Å². The lowest BCUT2D eigenvalue weighted by Crippen LogP contribution is -2.37. The zero-order chi connectivity index (χ0) is 14.4. The molecular weight excluding hydrogens is 242 g/mol. The van der Waals surface area contributed by atoms with Crippen molar-refractivity contribution in [3.05, 3.63) is 36.0 Å². The molecular formula is C15H23NO3. The van der Waals surface area contributed by atoms with Crippen molar-refractivity contribution < 1.29 is 14.6 Å². The van der Waals surface area contributed by atoms with Gasteiger partial charge in [-0.15, -0.1) is 0 Å². The second kappa shape index (κ2) is 7.14. The summed E-state index contributed by atoms with van der Waals surface area (Å²) in [6.07, 6.45) is 5.50. The number of alkyl carbamates (subject to hydrolysis) is 1. The first-order chi connectivity index (χ1) is 8.95. The van der Waals surface area contributed by atoms with Gasteiger partial charge < -0.3 is 15.2 Å². The molecule has 0 aromatic rings. The third kappa shape index (κ3) is 4.56. The van der Waals surface area contributed by atoms with Crippen molar-refractivity contribution in [1.82, 2.24) is 5.32 Å². The van der Waals surface area contributed by atoms with Crippen molar-refractivity contribution in [3.63, 3.8) is 0 Å². The number of rotatable bonds is 5. The number of carbonyl (C=O) groups is 1. The minimum atomic E-state index is -0.831. The van der Waals surface area contributed by atoms with E-state index in [0.29, 0.717) is 0 Å². The van der Waals surface area contributed by atoms with Crippen LogP contribution in [-0.2, 0) is 4.74 Å². The fourth-order valence-corrected chi connectivity index (χ4v) is 1.96. The Morgan fingerprint density at radius 3 is 2.79 bits per heavy atom. The second-order valence-corrected chi connectivity index (χ2v) is 4.98. The van der Waals surface area contributed by atoms with Gasteiger partial charge in [0, 0.05) is 6.04 Å². The Hall–Kier alpha value is -1.55. The minimum Gasteiger partial charge on any atom is -0.443 e. The normalized spacial score (nSPS) is 18.2. The molecule has 2 atom stereocenters. The van der Waals surface area contributed by atoms with Gasteiger partial charge in [0.15, 0.2) is 0 Å². The molecule has 106 valence electrons. The molecule has 4 heteroatoms. The van der Waals surface area contributed by atoms with Crippen LogP contribution in [0.25, 0.3) is 0 Å². The van der Waals surface area contributed by atoms with E-state index >= 15 is 0 Å². The molecule has 0 aromatic carbocycles. The van der Waals surface area contributed by atoms with E-state index in [9.17, 15) is 9.90 Å². The topological polar surface area (TPSA) is 58.6 Å². The summed E-state index contributed by atoms with van der Waals surface area (Å²) in [5.41, 5.74) is 1.79. The summed E-state index contributed by atoms with van der Waals surface area (Å²) in [4.78, 5) is 11.5. The number of allylic oxidation sites excluding steroid dienone is 3. The second-order valence-electron chi connectivity index (χ2n) is 4.98. The van der Waals surface area contributed by atoms with E-state index in [1.165, 1.54) is 0 Å². The van der Waals surface area contributed by atoms with Crippen LogP contribution in [0.3, 0.4) is 0 Å². The number of hydrogen-bond acceptors (Lipinski definition) is 3. The molecule has 0 bridgehead atoms. The first-order valence-corrected chi connectivity index (χ1v) is 6.63. The SMILES string of the molecule is C=CC1=C([C@H](O)[C@H](C)OC(=O)NC(C)C)C=CCC1. The molecule has 0 saturated carbocycles.